The van der Waals surface area contributed by atoms with Crippen LogP contribution in [0.4, 0.5) is 5.69 Å². The molecule has 0 amide bonds. The van der Waals surface area contributed by atoms with Crippen molar-refractivity contribution >= 4 is 44.8 Å². The molecule has 0 aliphatic heterocycles. The standard InChI is InChI=1S/C13H10BrCl2NO/c14-9-4-8(5-10(17)6-9)7-18-13-11(15)2-1-3-12(13)16/h1-6H,7,17H2. The SMILES string of the molecule is Nc1cc(Br)cc(COc2c(Cl)cccc2Cl)c1. The van der Waals surface area contributed by atoms with E-state index in [2.05, 4.69) is 15.9 Å². The minimum absolute atomic E-state index is 0.354. The van der Waals surface area contributed by atoms with Crippen LogP contribution in [0.2, 0.25) is 10.0 Å². The molecule has 0 spiro atoms. The van der Waals surface area contributed by atoms with Crippen molar-refractivity contribution in [2.75, 3.05) is 5.73 Å². The van der Waals surface area contributed by atoms with E-state index in [9.17, 15) is 0 Å². The molecule has 0 aliphatic carbocycles. The Balaban J connectivity index is 2.16. The molecular weight excluding hydrogens is 337 g/mol. The zero-order valence-electron chi connectivity index (χ0n) is 9.29. The molecule has 2 N–H and O–H groups in total. The van der Waals surface area contributed by atoms with Crippen LogP contribution in [0.5, 0.6) is 5.75 Å². The van der Waals surface area contributed by atoms with Crippen molar-refractivity contribution in [3.63, 3.8) is 0 Å². The lowest BCUT2D eigenvalue weighted by molar-refractivity contribution is 0.306. The third-order valence-electron chi connectivity index (χ3n) is 2.28. The molecule has 18 heavy (non-hydrogen) atoms. The molecule has 2 rings (SSSR count). The van der Waals surface area contributed by atoms with Gasteiger partial charge in [0.05, 0.1) is 10.0 Å². The lowest BCUT2D eigenvalue weighted by atomic mass is 10.2. The van der Waals surface area contributed by atoms with E-state index in [1.807, 2.05) is 18.2 Å². The Morgan fingerprint density at radius 2 is 1.78 bits per heavy atom. The summed E-state index contributed by atoms with van der Waals surface area (Å²) in [7, 11) is 0. The number of para-hydroxylation sites is 1. The van der Waals surface area contributed by atoms with Gasteiger partial charge in [-0.1, -0.05) is 45.2 Å². The van der Waals surface area contributed by atoms with Crippen molar-refractivity contribution in [3.8, 4) is 5.75 Å². The fraction of sp³-hybridized carbons (Fsp3) is 0.0769. The first-order chi connectivity index (χ1) is 8.56. The average Bonchev–Trinajstić information content (AvgIpc) is 2.27. The number of hydrogen-bond donors (Lipinski definition) is 1. The molecule has 5 heteroatoms. The summed E-state index contributed by atoms with van der Waals surface area (Å²) in [4.78, 5) is 0. The first-order valence-corrected chi connectivity index (χ1v) is 6.73. The normalized spacial score (nSPS) is 10.4. The summed E-state index contributed by atoms with van der Waals surface area (Å²) in [6, 6.07) is 10.8. The lowest BCUT2D eigenvalue weighted by Crippen LogP contribution is -1.98. The zero-order valence-corrected chi connectivity index (χ0v) is 12.4. The van der Waals surface area contributed by atoms with Gasteiger partial charge in [0, 0.05) is 10.2 Å². The van der Waals surface area contributed by atoms with Crippen LogP contribution in [-0.4, -0.2) is 0 Å². The van der Waals surface area contributed by atoms with Gasteiger partial charge in [0.1, 0.15) is 6.61 Å². The Morgan fingerprint density at radius 1 is 1.11 bits per heavy atom. The summed E-state index contributed by atoms with van der Waals surface area (Å²) in [6.07, 6.45) is 0. The fourth-order valence-electron chi connectivity index (χ4n) is 1.53. The van der Waals surface area contributed by atoms with Gasteiger partial charge in [-0.05, 0) is 35.9 Å². The third kappa shape index (κ3) is 3.31. The fourth-order valence-corrected chi connectivity index (χ4v) is 2.60. The molecule has 0 saturated carbocycles. The van der Waals surface area contributed by atoms with Gasteiger partial charge in [-0.2, -0.15) is 0 Å². The number of rotatable bonds is 3. The molecule has 0 aliphatic rings. The highest BCUT2D eigenvalue weighted by atomic mass is 79.9. The van der Waals surface area contributed by atoms with Crippen LogP contribution in [0.15, 0.2) is 40.9 Å². The van der Waals surface area contributed by atoms with Crippen molar-refractivity contribution < 1.29 is 4.74 Å². The number of benzene rings is 2. The van der Waals surface area contributed by atoms with Crippen LogP contribution >= 0.6 is 39.1 Å². The second-order valence-electron chi connectivity index (χ2n) is 3.73. The summed E-state index contributed by atoms with van der Waals surface area (Å²) in [5.41, 5.74) is 7.37. The second kappa shape index (κ2) is 5.83. The molecule has 0 fully saturated rings. The van der Waals surface area contributed by atoms with E-state index < -0.39 is 0 Å². The van der Waals surface area contributed by atoms with E-state index in [1.165, 1.54) is 0 Å². The van der Waals surface area contributed by atoms with E-state index in [4.69, 9.17) is 33.7 Å². The van der Waals surface area contributed by atoms with Crippen molar-refractivity contribution in [1.82, 2.24) is 0 Å². The molecule has 2 nitrogen and oxygen atoms in total. The molecule has 0 atom stereocenters. The Hall–Kier alpha value is -0.900. The van der Waals surface area contributed by atoms with Crippen LogP contribution in [0.1, 0.15) is 5.56 Å². The van der Waals surface area contributed by atoms with Gasteiger partial charge in [-0.15, -0.1) is 0 Å². The number of halogens is 3. The summed E-state index contributed by atoms with van der Waals surface area (Å²) >= 11 is 15.4. The van der Waals surface area contributed by atoms with Gasteiger partial charge in [-0.3, -0.25) is 0 Å². The van der Waals surface area contributed by atoms with E-state index in [0.29, 0.717) is 28.1 Å². The average molecular weight is 347 g/mol. The highest BCUT2D eigenvalue weighted by Gasteiger charge is 2.07. The number of nitrogen functional groups attached to an aromatic ring is 1. The van der Waals surface area contributed by atoms with Gasteiger partial charge in [-0.25, -0.2) is 0 Å². The smallest absolute Gasteiger partial charge is 0.156 e. The maximum absolute atomic E-state index is 6.01. The van der Waals surface area contributed by atoms with Crippen molar-refractivity contribution in [1.29, 1.82) is 0 Å². The van der Waals surface area contributed by atoms with Crippen LogP contribution in [0.3, 0.4) is 0 Å². The Morgan fingerprint density at radius 3 is 2.39 bits per heavy atom. The molecule has 94 valence electrons. The van der Waals surface area contributed by atoms with E-state index in [1.54, 1.807) is 18.2 Å². The van der Waals surface area contributed by atoms with Crippen molar-refractivity contribution in [3.05, 3.63) is 56.5 Å². The van der Waals surface area contributed by atoms with Gasteiger partial charge < -0.3 is 10.5 Å². The van der Waals surface area contributed by atoms with Gasteiger partial charge in [0.15, 0.2) is 5.75 Å². The molecule has 0 aromatic heterocycles. The molecule has 0 saturated heterocycles. The Kier molecular flexibility index (Phi) is 4.38. The second-order valence-corrected chi connectivity index (χ2v) is 5.46. The molecule has 0 heterocycles. The Labute approximate surface area is 124 Å². The first kappa shape index (κ1) is 13.5. The number of anilines is 1. The summed E-state index contributed by atoms with van der Waals surface area (Å²) in [5, 5.41) is 0.982. The molecule has 0 unspecified atom stereocenters. The number of nitrogens with two attached hydrogens (primary N) is 1. The lowest BCUT2D eigenvalue weighted by Gasteiger charge is -2.10. The molecular formula is C13H10BrCl2NO. The summed E-state index contributed by atoms with van der Waals surface area (Å²) in [5.74, 6) is 0.486. The largest absolute Gasteiger partial charge is 0.486 e. The quantitative estimate of drug-likeness (QED) is 0.801. The van der Waals surface area contributed by atoms with Crippen LogP contribution in [0.25, 0.3) is 0 Å². The zero-order chi connectivity index (χ0) is 13.1. The van der Waals surface area contributed by atoms with Gasteiger partial charge in [0.25, 0.3) is 0 Å². The summed E-state index contributed by atoms with van der Waals surface area (Å²) in [6.45, 7) is 0.354. The van der Waals surface area contributed by atoms with Crippen LogP contribution in [0, 0.1) is 0 Å². The minimum Gasteiger partial charge on any atom is -0.486 e. The Bertz CT molecular complexity index is 534. The number of hydrogen-bond acceptors (Lipinski definition) is 2. The highest BCUT2D eigenvalue weighted by molar-refractivity contribution is 9.10. The molecule has 2 aromatic carbocycles. The topological polar surface area (TPSA) is 35.2 Å². The van der Waals surface area contributed by atoms with Crippen LogP contribution < -0.4 is 10.5 Å². The van der Waals surface area contributed by atoms with Crippen molar-refractivity contribution in [2.45, 2.75) is 6.61 Å². The van der Waals surface area contributed by atoms with Gasteiger partial charge in [0.2, 0.25) is 0 Å². The summed E-state index contributed by atoms with van der Waals surface area (Å²) < 4.78 is 6.53. The number of ether oxygens (including phenoxy) is 1. The third-order valence-corrected chi connectivity index (χ3v) is 3.34. The van der Waals surface area contributed by atoms with E-state index >= 15 is 0 Å². The first-order valence-electron chi connectivity index (χ1n) is 5.18. The van der Waals surface area contributed by atoms with E-state index in [0.717, 1.165) is 10.0 Å². The van der Waals surface area contributed by atoms with Crippen molar-refractivity contribution in [2.24, 2.45) is 0 Å². The van der Waals surface area contributed by atoms with Gasteiger partial charge >= 0.3 is 0 Å². The molecule has 2 aromatic rings. The van der Waals surface area contributed by atoms with E-state index in [-0.39, 0.29) is 0 Å². The van der Waals surface area contributed by atoms with Crippen LogP contribution in [-0.2, 0) is 6.61 Å². The minimum atomic E-state index is 0.354. The predicted octanol–water partition coefficient (Wildman–Crippen LogP) is 4.92. The maximum atomic E-state index is 6.01. The maximum Gasteiger partial charge on any atom is 0.156 e. The predicted molar refractivity (Wildman–Crippen MR) is 79.3 cm³/mol. The molecule has 0 bridgehead atoms. The monoisotopic (exact) mass is 345 g/mol. The molecule has 0 radical (unpaired) electrons. The highest BCUT2D eigenvalue weighted by Crippen LogP contribution is 2.33.